The van der Waals surface area contributed by atoms with Crippen LogP contribution < -0.4 is 53.4 Å². The molecule has 0 atom stereocenters. The third-order valence-corrected chi connectivity index (χ3v) is 10.5. The van der Waals surface area contributed by atoms with E-state index in [0.717, 1.165) is 18.8 Å². The average Bonchev–Trinajstić information content (AvgIpc) is 3.04. The first-order valence-corrected chi connectivity index (χ1v) is 14.8. The van der Waals surface area contributed by atoms with E-state index in [1.54, 1.807) is 27.0 Å². The number of amides is 2. The van der Waals surface area contributed by atoms with Gasteiger partial charge in [0.25, 0.3) is 0 Å². The molecule has 2 aliphatic heterocycles. The molecule has 3 heterocycles. The van der Waals surface area contributed by atoms with Gasteiger partial charge in [-0.25, -0.2) is 0 Å². The summed E-state index contributed by atoms with van der Waals surface area (Å²) in [4.78, 5) is 47.8. The zero-order chi connectivity index (χ0) is 21.5. The summed E-state index contributed by atoms with van der Waals surface area (Å²) in [7, 11) is 0. The Labute approximate surface area is 199 Å². The average molecular weight is 644 g/mol. The molecule has 0 unspecified atom stereocenters. The first-order valence-electron chi connectivity index (χ1n) is 9.61. The van der Waals surface area contributed by atoms with E-state index in [1.807, 2.05) is 23.1 Å². The van der Waals surface area contributed by atoms with Gasteiger partial charge in [-0.05, 0) is 0 Å². The Morgan fingerprint density at radius 3 is 2.29 bits per heavy atom. The number of aromatic nitrogens is 2. The number of benzene rings is 2. The van der Waals surface area contributed by atoms with Crippen LogP contribution in [0.3, 0.4) is 0 Å². The quantitative estimate of drug-likeness (QED) is 0.0934. The van der Waals surface area contributed by atoms with Gasteiger partial charge in [-0.2, -0.15) is 0 Å². The van der Waals surface area contributed by atoms with E-state index in [0.29, 0.717) is 39.1 Å². The van der Waals surface area contributed by atoms with Crippen LogP contribution in [-0.2, 0) is 4.74 Å². The Kier molecular flexibility index (Phi) is 5.69. The van der Waals surface area contributed by atoms with E-state index in [2.05, 4.69) is 4.90 Å². The summed E-state index contributed by atoms with van der Waals surface area (Å²) in [5.41, 5.74) is 2.34. The number of nitrogens with zero attached hydrogens (tertiary/aromatic N) is 4. The number of carbonyl (C=O) groups is 2. The summed E-state index contributed by atoms with van der Waals surface area (Å²) < 4.78 is 8.96. The number of morpholine rings is 1. The third-order valence-electron chi connectivity index (χ3n) is 5.21. The molecule has 0 spiro atoms. The first-order chi connectivity index (χ1) is 15.1. The van der Waals surface area contributed by atoms with Crippen molar-refractivity contribution in [3.63, 3.8) is 0 Å². The number of hydrogen-bond acceptors (Lipinski definition) is 6. The predicted octanol–water partition coefficient (Wildman–Crippen LogP) is -4.82. The van der Waals surface area contributed by atoms with Crippen molar-refractivity contribution in [2.45, 2.75) is 0 Å². The monoisotopic (exact) mass is 644 g/mol. The molecule has 0 aliphatic carbocycles. The number of halogens is 2. The van der Waals surface area contributed by atoms with Crippen molar-refractivity contribution < 1.29 is 57.3 Å². The van der Waals surface area contributed by atoms with Crippen LogP contribution in [-0.4, -0.2) is 53.9 Å². The Hall–Kier alpha value is -2.06. The second-order valence-electron chi connectivity index (χ2n) is 6.96. The van der Waals surface area contributed by atoms with Crippen LogP contribution in [0.5, 0.6) is 0 Å². The van der Waals surface area contributed by atoms with Gasteiger partial charge >= 0.3 is 200 Å². The molecule has 1 fully saturated rings. The molecule has 0 saturated carbocycles. The van der Waals surface area contributed by atoms with E-state index in [-0.39, 0.29) is 17.4 Å². The molecule has 3 aromatic rings. The minimum atomic E-state index is -1.27. The fraction of sp³-hybridized carbons (Fsp3) is 0.238. The molecule has 31 heavy (non-hydrogen) atoms. The van der Waals surface area contributed by atoms with Crippen molar-refractivity contribution in [3.8, 4) is 0 Å². The van der Waals surface area contributed by atoms with Gasteiger partial charge in [-0.15, -0.1) is 0 Å². The van der Waals surface area contributed by atoms with Crippen molar-refractivity contribution in [1.82, 2.24) is 10.9 Å². The standard InChI is InChI=1S/C21H18I2N4O4/c1-22-27-20(30)16-7-6-13(25-8-10-31-11-9-25)12-17(16)24-21(27)23-26-18(28)14-4-2-3-5-15(14)19(26)29/h2-7,12H,8-11H2,1H3/q-2. The molecule has 0 radical (unpaired) electrons. The van der Waals surface area contributed by atoms with Crippen LogP contribution in [0.2, 0.25) is 0 Å². The number of carbonyl (C=O) groups excluding carboxylic acids is 2. The van der Waals surface area contributed by atoms with E-state index in [9.17, 15) is 14.4 Å². The summed E-state index contributed by atoms with van der Waals surface area (Å²) in [5, 5.41) is 0.564. The molecule has 10 heteroatoms. The van der Waals surface area contributed by atoms with Crippen LogP contribution >= 0.6 is 0 Å². The van der Waals surface area contributed by atoms with Crippen molar-refractivity contribution >= 4 is 28.4 Å². The van der Waals surface area contributed by atoms with Crippen molar-refractivity contribution in [2.24, 2.45) is 0 Å². The predicted molar refractivity (Wildman–Crippen MR) is 106 cm³/mol. The van der Waals surface area contributed by atoms with Gasteiger partial charge in [0.1, 0.15) is 0 Å². The molecule has 5 rings (SSSR count). The van der Waals surface area contributed by atoms with Crippen molar-refractivity contribution in [3.05, 3.63) is 67.8 Å². The van der Waals surface area contributed by atoms with Gasteiger partial charge in [0.2, 0.25) is 0 Å². The Morgan fingerprint density at radius 2 is 1.65 bits per heavy atom. The molecule has 162 valence electrons. The fourth-order valence-corrected chi connectivity index (χ4v) is 8.80. The van der Waals surface area contributed by atoms with Gasteiger partial charge in [0.15, 0.2) is 0 Å². The van der Waals surface area contributed by atoms with Gasteiger partial charge in [0, 0.05) is 0 Å². The molecule has 1 saturated heterocycles. The summed E-state index contributed by atoms with van der Waals surface area (Å²) in [6, 6.07) is 12.5. The van der Waals surface area contributed by atoms with Crippen LogP contribution in [0.1, 0.15) is 20.7 Å². The summed E-state index contributed by atoms with van der Waals surface area (Å²) in [6.45, 7) is 2.92. The molecule has 0 N–H and O–H groups in total. The van der Waals surface area contributed by atoms with Gasteiger partial charge in [-0.3, -0.25) is 0 Å². The molecule has 0 bridgehead atoms. The van der Waals surface area contributed by atoms with Crippen LogP contribution in [0.4, 0.5) is 5.69 Å². The van der Waals surface area contributed by atoms with Crippen molar-refractivity contribution in [1.29, 1.82) is 0 Å². The maximum atomic E-state index is 13.2. The molecule has 2 aliphatic rings. The second kappa shape index (κ2) is 8.47. The maximum absolute atomic E-state index is 13.2. The van der Waals surface area contributed by atoms with E-state index < -0.39 is 43.0 Å². The number of rotatable bonds is 4. The number of ether oxygens (including phenoxy) is 1. The number of alkyl halides is 1. The SMILES string of the molecule is C[I-]n1c([I-]N2C(=O)c3ccccc3C2=O)nc2cc(N3CCOCC3)ccc2c1=O. The van der Waals surface area contributed by atoms with Crippen LogP contribution in [0, 0.1) is 3.83 Å². The fourth-order valence-electron chi connectivity index (χ4n) is 3.66. The van der Waals surface area contributed by atoms with Gasteiger partial charge in [0.05, 0.1) is 0 Å². The number of hydrogen-bond donors (Lipinski definition) is 0. The van der Waals surface area contributed by atoms with E-state index in [4.69, 9.17) is 9.72 Å². The van der Waals surface area contributed by atoms with Crippen molar-refractivity contribution in [2.75, 3.05) is 36.1 Å². The summed E-state index contributed by atoms with van der Waals surface area (Å²) >= 11 is -1.92. The topological polar surface area (TPSA) is 84.7 Å². The third kappa shape index (κ3) is 3.63. The Bertz CT molecular complexity index is 1230. The van der Waals surface area contributed by atoms with Crippen LogP contribution in [0.15, 0.2) is 47.3 Å². The molecular weight excluding hydrogens is 626 g/mol. The molecule has 1 aromatic heterocycles. The normalized spacial score (nSPS) is 16.5. The molecule has 2 amide bonds. The van der Waals surface area contributed by atoms with E-state index >= 15 is 0 Å². The second-order valence-corrected chi connectivity index (χ2v) is 11.3. The minimum absolute atomic E-state index is 0.0971. The Morgan fingerprint density at radius 1 is 0.968 bits per heavy atom. The van der Waals surface area contributed by atoms with E-state index in [1.165, 1.54) is 3.11 Å². The van der Waals surface area contributed by atoms with Gasteiger partial charge < -0.3 is 0 Å². The summed E-state index contributed by atoms with van der Waals surface area (Å²) in [5.74, 6) is -0.601. The van der Waals surface area contributed by atoms with Gasteiger partial charge in [-0.1, -0.05) is 0 Å². The first kappa shape index (κ1) is 20.8. The zero-order valence-corrected chi connectivity index (χ0v) is 20.9. The molecular formula is C21H18I2N4O4-2. The molecule has 2 aromatic carbocycles. The number of anilines is 1. The zero-order valence-electron chi connectivity index (χ0n) is 16.5. The summed E-state index contributed by atoms with van der Waals surface area (Å²) in [6.07, 6.45) is 0. The Balaban J connectivity index is 1.55. The number of fused-ring (bicyclic) bond motifs is 2. The molecule has 8 nitrogen and oxygen atoms in total. The number of imide groups is 1. The van der Waals surface area contributed by atoms with Crippen LogP contribution in [0.25, 0.3) is 10.9 Å².